The highest BCUT2D eigenvalue weighted by molar-refractivity contribution is 7.79. The molecule has 5 nitrogen and oxygen atoms in total. The fourth-order valence-electron chi connectivity index (χ4n) is 0.484. The second-order valence-electron chi connectivity index (χ2n) is 1.59. The first-order valence-electron chi connectivity index (χ1n) is 2.68. The molecule has 0 amide bonds. The van der Waals surface area contributed by atoms with Crippen LogP contribution in [0.5, 0.6) is 0 Å². The first kappa shape index (κ1) is 7.20. The third kappa shape index (κ3) is 1.53. The number of hydrogen-bond acceptors (Lipinski definition) is 5. The monoisotopic (exact) mass is 158 g/mol. The predicted octanol–water partition coefficient (Wildman–Crippen LogP) is -0.698. The van der Waals surface area contributed by atoms with Crippen molar-refractivity contribution in [2.75, 3.05) is 0 Å². The Morgan fingerprint density at radius 1 is 1.70 bits per heavy atom. The molecule has 0 unspecified atom stereocenters. The van der Waals surface area contributed by atoms with Gasteiger partial charge in [-0.2, -0.15) is 17.4 Å². The van der Waals surface area contributed by atoms with Gasteiger partial charge in [-0.25, -0.2) is 0 Å². The maximum atomic E-state index is 9.92. The van der Waals surface area contributed by atoms with E-state index >= 15 is 0 Å². The molecule has 0 atom stereocenters. The van der Waals surface area contributed by atoms with Gasteiger partial charge in [-0.05, 0) is 5.21 Å². The Balaban J connectivity index is 2.67. The minimum atomic E-state index is 0.154. The minimum absolute atomic E-state index is 0.154. The summed E-state index contributed by atoms with van der Waals surface area (Å²) in [5, 5.41) is 11.0. The molecule has 0 fully saturated rings. The third-order valence-corrected chi connectivity index (χ3v) is 1.16. The van der Waals surface area contributed by atoms with Crippen molar-refractivity contribution in [2.45, 2.75) is 12.3 Å². The first-order valence-corrected chi connectivity index (χ1v) is 3.31. The van der Waals surface area contributed by atoms with Gasteiger partial charge in [0.2, 0.25) is 0 Å². The highest BCUT2D eigenvalue weighted by Crippen LogP contribution is 1.89. The summed E-state index contributed by atoms with van der Waals surface area (Å²) in [6, 6.07) is 0. The standard InChI is InChI=1S/C4H6N4OS/c9-2-1-8-6-4(3-10)5-7-8/h2,10H,1,3H2. The maximum absolute atomic E-state index is 9.92. The van der Waals surface area contributed by atoms with Gasteiger partial charge in [0.25, 0.3) is 0 Å². The molecular weight excluding hydrogens is 152 g/mol. The third-order valence-electron chi connectivity index (χ3n) is 0.874. The van der Waals surface area contributed by atoms with Crippen LogP contribution in [0.2, 0.25) is 0 Å². The van der Waals surface area contributed by atoms with Crippen LogP contribution in [0.4, 0.5) is 0 Å². The average Bonchev–Trinajstić information content (AvgIpc) is 2.37. The SMILES string of the molecule is O=CCn1nnc(CS)n1. The molecule has 6 heteroatoms. The molecule has 0 N–H and O–H groups in total. The van der Waals surface area contributed by atoms with E-state index in [2.05, 4.69) is 28.0 Å². The lowest BCUT2D eigenvalue weighted by molar-refractivity contribution is -0.108. The van der Waals surface area contributed by atoms with E-state index in [1.165, 1.54) is 4.80 Å². The molecule has 1 aromatic rings. The maximum Gasteiger partial charge on any atom is 0.184 e. The van der Waals surface area contributed by atoms with Gasteiger partial charge in [0.15, 0.2) is 5.82 Å². The summed E-state index contributed by atoms with van der Waals surface area (Å²) in [7, 11) is 0. The molecule has 0 aromatic carbocycles. The summed E-state index contributed by atoms with van der Waals surface area (Å²) in [5.41, 5.74) is 0. The molecule has 0 bridgehead atoms. The van der Waals surface area contributed by atoms with Crippen molar-refractivity contribution in [1.29, 1.82) is 0 Å². The zero-order valence-corrected chi connectivity index (χ0v) is 6.03. The highest BCUT2D eigenvalue weighted by atomic mass is 32.1. The van der Waals surface area contributed by atoms with Crippen molar-refractivity contribution < 1.29 is 4.79 Å². The molecule has 54 valence electrons. The Kier molecular flexibility index (Phi) is 2.38. The average molecular weight is 158 g/mol. The molecule has 0 radical (unpaired) electrons. The van der Waals surface area contributed by atoms with Crippen molar-refractivity contribution in [2.24, 2.45) is 0 Å². The fourth-order valence-corrected chi connectivity index (χ4v) is 0.610. The topological polar surface area (TPSA) is 60.7 Å². The number of hydrogen-bond donors (Lipinski definition) is 1. The number of nitrogens with zero attached hydrogens (tertiary/aromatic N) is 4. The van der Waals surface area contributed by atoms with Crippen molar-refractivity contribution in [3.63, 3.8) is 0 Å². The van der Waals surface area contributed by atoms with E-state index in [0.29, 0.717) is 17.9 Å². The molecule has 1 aromatic heterocycles. The van der Waals surface area contributed by atoms with Crippen molar-refractivity contribution in [3.05, 3.63) is 5.82 Å². The van der Waals surface area contributed by atoms with Gasteiger partial charge in [0.1, 0.15) is 12.8 Å². The summed E-state index contributed by atoms with van der Waals surface area (Å²) in [6.07, 6.45) is 0.712. The lowest BCUT2D eigenvalue weighted by Gasteiger charge is -1.84. The number of carbonyl (C=O) groups excluding carboxylic acids is 1. The van der Waals surface area contributed by atoms with E-state index in [9.17, 15) is 4.79 Å². The number of aldehydes is 1. The Bertz CT molecular complexity index is 223. The van der Waals surface area contributed by atoms with Crippen molar-refractivity contribution >= 4 is 18.9 Å². The van der Waals surface area contributed by atoms with E-state index in [4.69, 9.17) is 0 Å². The van der Waals surface area contributed by atoms with E-state index in [1.54, 1.807) is 0 Å². The number of thiol groups is 1. The first-order chi connectivity index (χ1) is 4.86. The Hall–Kier alpha value is -0.910. The van der Waals surface area contributed by atoms with Crippen LogP contribution in [-0.2, 0) is 17.1 Å². The van der Waals surface area contributed by atoms with Crippen LogP contribution in [-0.4, -0.2) is 26.5 Å². The van der Waals surface area contributed by atoms with E-state index in [-0.39, 0.29) is 6.54 Å². The highest BCUT2D eigenvalue weighted by Gasteiger charge is 1.97. The van der Waals surface area contributed by atoms with Crippen LogP contribution in [0, 0.1) is 0 Å². The fraction of sp³-hybridized carbons (Fsp3) is 0.500. The Labute approximate surface area is 62.8 Å². The zero-order chi connectivity index (χ0) is 7.40. The summed E-state index contributed by atoms with van der Waals surface area (Å²) in [5.74, 6) is 0.976. The van der Waals surface area contributed by atoms with Gasteiger partial charge >= 0.3 is 0 Å². The molecule has 10 heavy (non-hydrogen) atoms. The largest absolute Gasteiger partial charge is 0.301 e. The summed E-state index contributed by atoms with van der Waals surface area (Å²) >= 11 is 3.92. The Morgan fingerprint density at radius 3 is 3.00 bits per heavy atom. The molecule has 1 heterocycles. The normalized spacial score (nSPS) is 9.70. The second-order valence-corrected chi connectivity index (χ2v) is 1.90. The lowest BCUT2D eigenvalue weighted by Crippen LogP contribution is -2.03. The van der Waals surface area contributed by atoms with Gasteiger partial charge in [-0.15, -0.1) is 10.2 Å². The van der Waals surface area contributed by atoms with Gasteiger partial charge in [0, 0.05) is 0 Å². The number of aromatic nitrogens is 4. The number of tetrazole rings is 1. The van der Waals surface area contributed by atoms with Crippen LogP contribution in [0.25, 0.3) is 0 Å². The summed E-state index contributed by atoms with van der Waals surface area (Å²) < 4.78 is 0. The van der Waals surface area contributed by atoms with Crippen molar-refractivity contribution in [1.82, 2.24) is 20.2 Å². The van der Waals surface area contributed by atoms with Crippen LogP contribution < -0.4 is 0 Å². The number of rotatable bonds is 3. The van der Waals surface area contributed by atoms with E-state index < -0.39 is 0 Å². The molecule has 0 saturated carbocycles. The van der Waals surface area contributed by atoms with Gasteiger partial charge in [0.05, 0.1) is 5.75 Å². The van der Waals surface area contributed by atoms with Gasteiger partial charge in [-0.1, -0.05) is 0 Å². The number of carbonyl (C=O) groups is 1. The van der Waals surface area contributed by atoms with Gasteiger partial charge < -0.3 is 4.79 Å². The molecule has 0 aliphatic rings. The van der Waals surface area contributed by atoms with Crippen molar-refractivity contribution in [3.8, 4) is 0 Å². The summed E-state index contributed by atoms with van der Waals surface area (Å²) in [4.78, 5) is 11.1. The molecule has 1 rings (SSSR count). The second kappa shape index (κ2) is 3.31. The zero-order valence-electron chi connectivity index (χ0n) is 5.14. The van der Waals surface area contributed by atoms with Crippen LogP contribution in [0.1, 0.15) is 5.82 Å². The quantitative estimate of drug-likeness (QED) is 0.467. The predicted molar refractivity (Wildman–Crippen MR) is 36.6 cm³/mol. The Morgan fingerprint density at radius 2 is 2.50 bits per heavy atom. The molecule has 0 aliphatic carbocycles. The van der Waals surface area contributed by atoms with E-state index in [1.807, 2.05) is 0 Å². The van der Waals surface area contributed by atoms with Crippen LogP contribution >= 0.6 is 12.6 Å². The molecule has 0 aliphatic heterocycles. The molecule has 0 spiro atoms. The van der Waals surface area contributed by atoms with Crippen LogP contribution in [0.3, 0.4) is 0 Å². The lowest BCUT2D eigenvalue weighted by atomic mass is 10.7. The smallest absolute Gasteiger partial charge is 0.184 e. The van der Waals surface area contributed by atoms with E-state index in [0.717, 1.165) is 0 Å². The molecular formula is C4H6N4OS. The molecule has 0 saturated heterocycles. The summed E-state index contributed by atoms with van der Waals surface area (Å²) in [6.45, 7) is 0.154. The van der Waals surface area contributed by atoms with Gasteiger partial charge in [-0.3, -0.25) is 0 Å². The van der Waals surface area contributed by atoms with Crippen LogP contribution in [0.15, 0.2) is 0 Å². The minimum Gasteiger partial charge on any atom is -0.301 e.